The molecule has 416 valence electrons. The van der Waals surface area contributed by atoms with Crippen LogP contribution >= 0.6 is 0 Å². The van der Waals surface area contributed by atoms with Crippen molar-refractivity contribution >= 4 is 84.4 Å². The van der Waals surface area contributed by atoms with Crippen LogP contribution in [0.4, 0.5) is 62.6 Å². The second kappa shape index (κ2) is 20.8. The number of nitrogens with zero attached hydrogens (tertiary/aromatic N) is 5. The lowest BCUT2D eigenvalue weighted by Crippen LogP contribution is -2.30. The molecule has 2 heterocycles. The van der Waals surface area contributed by atoms with E-state index in [0.29, 0.717) is 0 Å². The molecule has 0 N–H and O–H groups in total. The molecule has 0 saturated carbocycles. The summed E-state index contributed by atoms with van der Waals surface area (Å²) in [6.45, 7) is 11.7. The van der Waals surface area contributed by atoms with E-state index < -0.39 is 0 Å². The van der Waals surface area contributed by atoms with E-state index in [1.54, 1.807) is 0 Å². The Morgan fingerprint density at radius 3 is 1.50 bits per heavy atom. The second-order valence-corrected chi connectivity index (χ2v) is 24.1. The van der Waals surface area contributed by atoms with E-state index in [2.05, 4.69) is 351 Å². The maximum atomic E-state index is 2.45. The molecular formula is C81H67N5. The highest BCUT2D eigenvalue weighted by molar-refractivity contribution is 6.11. The highest BCUT2D eigenvalue weighted by Gasteiger charge is 2.38. The molecule has 5 heteroatoms. The van der Waals surface area contributed by atoms with E-state index in [-0.39, 0.29) is 10.8 Å². The fourth-order valence-electron chi connectivity index (χ4n) is 14.1. The van der Waals surface area contributed by atoms with E-state index in [0.717, 1.165) is 63.0 Å². The largest absolute Gasteiger partial charge is 0.344 e. The van der Waals surface area contributed by atoms with E-state index in [1.807, 2.05) is 0 Å². The van der Waals surface area contributed by atoms with E-state index in [9.17, 15) is 0 Å². The number of aryl methyl sites for hydroxylation is 1. The number of hydrogen-bond acceptors (Lipinski definition) is 4. The first-order valence-corrected chi connectivity index (χ1v) is 30.2. The molecule has 0 unspecified atom stereocenters. The van der Waals surface area contributed by atoms with Gasteiger partial charge in [0.25, 0.3) is 0 Å². The molecule has 0 fully saturated rings. The molecule has 0 saturated heterocycles. The molecule has 12 aromatic carbocycles. The van der Waals surface area contributed by atoms with Gasteiger partial charge in [-0.15, -0.1) is 0 Å². The molecule has 15 rings (SSSR count). The van der Waals surface area contributed by atoms with Crippen LogP contribution in [-0.4, -0.2) is 11.6 Å². The third-order valence-corrected chi connectivity index (χ3v) is 18.5. The second-order valence-electron chi connectivity index (χ2n) is 24.1. The normalized spacial score (nSPS) is 13.4. The Bertz CT molecular complexity index is 4690. The molecule has 0 amide bonds. The van der Waals surface area contributed by atoms with Crippen LogP contribution in [-0.2, 0) is 17.3 Å². The van der Waals surface area contributed by atoms with Gasteiger partial charge in [-0.2, -0.15) is 0 Å². The summed E-state index contributed by atoms with van der Waals surface area (Å²) in [4.78, 5) is 9.63. The first kappa shape index (κ1) is 52.4. The van der Waals surface area contributed by atoms with Crippen molar-refractivity contribution in [3.8, 4) is 27.9 Å². The van der Waals surface area contributed by atoms with Gasteiger partial charge < -0.3 is 24.2 Å². The van der Waals surface area contributed by atoms with Crippen molar-refractivity contribution in [3.63, 3.8) is 0 Å². The Balaban J connectivity index is 0.836. The monoisotopic (exact) mass is 1110 g/mol. The van der Waals surface area contributed by atoms with E-state index >= 15 is 0 Å². The minimum Gasteiger partial charge on any atom is -0.344 e. The quantitative estimate of drug-likeness (QED) is 0.121. The molecule has 0 bridgehead atoms. The van der Waals surface area contributed by atoms with Crippen molar-refractivity contribution < 1.29 is 0 Å². The molecule has 0 spiro atoms. The molecule has 1 aromatic heterocycles. The van der Waals surface area contributed by atoms with Crippen molar-refractivity contribution in [2.45, 2.75) is 51.9 Å². The summed E-state index contributed by atoms with van der Waals surface area (Å²) < 4.78 is 2.39. The van der Waals surface area contributed by atoms with Gasteiger partial charge in [0.2, 0.25) is 0 Å². The van der Waals surface area contributed by atoms with Crippen LogP contribution in [0, 0.1) is 0 Å². The topological polar surface area (TPSA) is 17.9 Å². The SMILES string of the molecule is CCc1cc(N(c2ccc(-c3ccc(N(c4ccc5c(c4)C(C)(C)c4ccccc4N5c4ccccc4)c4ccc5c(c4)c4ccccc4n5-c4ccccc4)cc3)cc2)c2ccc3c(c2)C(C)(C)c2ccccc2-3)ccc1N(C)c1ccccc1. The van der Waals surface area contributed by atoms with Gasteiger partial charge in [0.1, 0.15) is 0 Å². The number of benzene rings is 12. The summed E-state index contributed by atoms with van der Waals surface area (Å²) in [5.74, 6) is 0. The van der Waals surface area contributed by atoms with Crippen LogP contribution in [0.25, 0.3) is 49.7 Å². The summed E-state index contributed by atoms with van der Waals surface area (Å²) in [6.07, 6.45) is 0.895. The molecule has 1 aliphatic heterocycles. The lowest BCUT2D eigenvalue weighted by atomic mass is 9.73. The molecule has 86 heavy (non-hydrogen) atoms. The molecule has 5 nitrogen and oxygen atoms in total. The highest BCUT2D eigenvalue weighted by Crippen LogP contribution is 2.55. The smallest absolute Gasteiger partial charge is 0.0542 e. The van der Waals surface area contributed by atoms with Crippen molar-refractivity contribution in [2.75, 3.05) is 26.6 Å². The maximum Gasteiger partial charge on any atom is 0.0542 e. The molecule has 0 atom stereocenters. The van der Waals surface area contributed by atoms with Crippen molar-refractivity contribution in [1.29, 1.82) is 0 Å². The Morgan fingerprint density at radius 2 is 0.814 bits per heavy atom. The minimum absolute atomic E-state index is 0.141. The van der Waals surface area contributed by atoms with Crippen LogP contribution in [0.2, 0.25) is 0 Å². The predicted octanol–water partition coefficient (Wildman–Crippen LogP) is 22.1. The van der Waals surface area contributed by atoms with Gasteiger partial charge in [-0.25, -0.2) is 0 Å². The lowest BCUT2D eigenvalue weighted by Gasteiger charge is -2.42. The standard InChI is InChI=1S/C81H67N5/c1-7-55-51-63(44-48-75(55)82(6)58-23-11-8-12-24-58)83(65-43-47-68-67-29-17-19-31-71(67)80(2,3)73(68)53-65)61-39-35-56(36-40-61)57-37-41-62(42-38-57)84(64-45-49-77-70(52-64)69-30-18-21-33-76(69)85(77)59-25-13-9-14-26-59)66-46-50-79-74(54-66)81(4,5)72-32-20-22-34-78(72)86(79)60-27-15-10-16-28-60/h8-54H,7H2,1-6H3. The molecule has 2 aliphatic rings. The Kier molecular flexibility index (Phi) is 12.7. The fourth-order valence-corrected chi connectivity index (χ4v) is 14.1. The summed E-state index contributed by atoms with van der Waals surface area (Å²) in [6, 6.07) is 105. The van der Waals surface area contributed by atoms with Crippen LogP contribution in [0.1, 0.15) is 62.4 Å². The molecule has 0 radical (unpaired) electrons. The first-order valence-electron chi connectivity index (χ1n) is 30.2. The Labute approximate surface area is 505 Å². The first-order chi connectivity index (χ1) is 42.0. The maximum absolute atomic E-state index is 2.45. The molecular weight excluding hydrogens is 1040 g/mol. The summed E-state index contributed by atoms with van der Waals surface area (Å²) in [7, 11) is 2.17. The molecule has 1 aliphatic carbocycles. The third kappa shape index (κ3) is 8.59. The van der Waals surface area contributed by atoms with Gasteiger partial charge in [-0.05, 0) is 196 Å². The average Bonchev–Trinajstić information content (AvgIpc) is 1.19. The van der Waals surface area contributed by atoms with Crippen LogP contribution in [0.3, 0.4) is 0 Å². The number of aromatic nitrogens is 1. The number of para-hydroxylation sites is 5. The minimum atomic E-state index is -0.290. The fraction of sp³-hybridized carbons (Fsp3) is 0.111. The van der Waals surface area contributed by atoms with E-state index in [4.69, 9.17) is 0 Å². The molecule has 13 aromatic rings. The van der Waals surface area contributed by atoms with Gasteiger partial charge >= 0.3 is 0 Å². The van der Waals surface area contributed by atoms with Crippen molar-refractivity contribution in [1.82, 2.24) is 4.57 Å². The third-order valence-electron chi connectivity index (χ3n) is 18.5. The van der Waals surface area contributed by atoms with Crippen LogP contribution < -0.4 is 19.6 Å². The van der Waals surface area contributed by atoms with Gasteiger partial charge in [0.15, 0.2) is 0 Å². The summed E-state index contributed by atoms with van der Waals surface area (Å²) in [5.41, 5.74) is 27.1. The average molecular weight is 1110 g/mol. The predicted molar refractivity (Wildman–Crippen MR) is 364 cm³/mol. The van der Waals surface area contributed by atoms with Gasteiger partial charge in [-0.1, -0.05) is 180 Å². The lowest BCUT2D eigenvalue weighted by molar-refractivity contribution is 0.632. The zero-order valence-electron chi connectivity index (χ0n) is 49.6. The van der Waals surface area contributed by atoms with Crippen molar-refractivity contribution in [3.05, 3.63) is 313 Å². The number of anilines is 11. The van der Waals surface area contributed by atoms with Crippen molar-refractivity contribution in [2.24, 2.45) is 0 Å². The Morgan fingerprint density at radius 1 is 0.337 bits per heavy atom. The van der Waals surface area contributed by atoms with Gasteiger partial charge in [-0.3, -0.25) is 0 Å². The summed E-state index contributed by atoms with van der Waals surface area (Å²) >= 11 is 0. The number of rotatable bonds is 12. The van der Waals surface area contributed by atoms with Gasteiger partial charge in [0.05, 0.1) is 22.4 Å². The van der Waals surface area contributed by atoms with E-state index in [1.165, 1.54) is 83.5 Å². The number of hydrogen-bond donors (Lipinski definition) is 0. The van der Waals surface area contributed by atoms with Crippen LogP contribution in [0.15, 0.2) is 285 Å². The zero-order valence-corrected chi connectivity index (χ0v) is 49.6. The summed E-state index contributed by atoms with van der Waals surface area (Å²) in [5, 5.41) is 2.42. The number of fused-ring (bicyclic) bond motifs is 8. The highest BCUT2D eigenvalue weighted by atomic mass is 15.2. The Hall–Kier alpha value is -10.4. The zero-order chi connectivity index (χ0) is 58.3. The van der Waals surface area contributed by atoms with Crippen LogP contribution in [0.5, 0.6) is 0 Å². The van der Waals surface area contributed by atoms with Gasteiger partial charge in [0, 0.05) is 85.5 Å².